The summed E-state index contributed by atoms with van der Waals surface area (Å²) in [6.45, 7) is 8.48. The normalized spacial score (nSPS) is 21.0. The summed E-state index contributed by atoms with van der Waals surface area (Å²) in [7, 11) is -0.430. The predicted molar refractivity (Wildman–Crippen MR) is 172 cm³/mol. The van der Waals surface area contributed by atoms with Gasteiger partial charge in [-0.1, -0.05) is 96.7 Å². The van der Waals surface area contributed by atoms with Gasteiger partial charge in [0, 0.05) is 20.6 Å². The van der Waals surface area contributed by atoms with Gasteiger partial charge in [0.2, 0.25) is 0 Å². The first-order valence-corrected chi connectivity index (χ1v) is 15.5. The fraction of sp³-hybridized carbons (Fsp3) is 0.189. The van der Waals surface area contributed by atoms with Crippen LogP contribution in [-0.2, 0) is 14.7 Å². The van der Waals surface area contributed by atoms with Crippen LogP contribution in [0.4, 0.5) is 0 Å². The highest BCUT2D eigenvalue weighted by Gasteiger charge is 2.53. The van der Waals surface area contributed by atoms with Gasteiger partial charge in [-0.05, 0) is 79.7 Å². The second-order valence-electron chi connectivity index (χ2n) is 12.8. The Morgan fingerprint density at radius 2 is 1.24 bits per heavy atom. The summed E-state index contributed by atoms with van der Waals surface area (Å²) in [5.74, 6) is 0. The van der Waals surface area contributed by atoms with Gasteiger partial charge in [-0.15, -0.1) is 0 Å². The van der Waals surface area contributed by atoms with Gasteiger partial charge in [-0.25, -0.2) is 0 Å². The molecule has 1 aromatic heterocycles. The highest BCUT2D eigenvalue weighted by molar-refractivity contribution is 7.99. The number of aromatic nitrogens is 1. The van der Waals surface area contributed by atoms with E-state index in [1.54, 1.807) is 0 Å². The van der Waals surface area contributed by atoms with E-state index in [0.29, 0.717) is 0 Å². The van der Waals surface area contributed by atoms with E-state index in [-0.39, 0.29) is 0 Å². The molecule has 1 unspecified atom stereocenters. The van der Waals surface area contributed by atoms with E-state index < -0.39 is 23.7 Å². The van der Waals surface area contributed by atoms with Crippen LogP contribution in [0.3, 0.4) is 0 Å². The third-order valence-electron chi connectivity index (χ3n) is 10.1. The average molecular weight is 564 g/mol. The van der Waals surface area contributed by atoms with Crippen LogP contribution in [0.15, 0.2) is 119 Å². The molecule has 3 nitrogen and oxygen atoms in total. The number of fused-ring (bicyclic) bond motifs is 11. The Bertz CT molecular complexity index is 2090. The summed E-state index contributed by atoms with van der Waals surface area (Å²) >= 11 is 1.86. The number of hydrogen-bond acceptors (Lipinski definition) is 3. The topological polar surface area (TPSA) is 23.4 Å². The fourth-order valence-corrected chi connectivity index (χ4v) is 8.64. The van der Waals surface area contributed by atoms with Gasteiger partial charge in [0.25, 0.3) is 0 Å². The minimum atomic E-state index is -0.503. The Morgan fingerprint density at radius 3 is 2.07 bits per heavy atom. The van der Waals surface area contributed by atoms with Gasteiger partial charge in [-0.2, -0.15) is 0 Å². The summed E-state index contributed by atoms with van der Waals surface area (Å²) in [6.07, 6.45) is 0. The molecule has 0 bridgehead atoms. The van der Waals surface area contributed by atoms with Crippen molar-refractivity contribution in [3.05, 3.63) is 131 Å². The summed E-state index contributed by atoms with van der Waals surface area (Å²) in [4.78, 5) is 2.56. The zero-order valence-electron chi connectivity index (χ0n) is 24.1. The maximum absolute atomic E-state index is 6.58. The van der Waals surface area contributed by atoms with Gasteiger partial charge in [-0.3, -0.25) is 0 Å². The number of rotatable bonds is 1. The van der Waals surface area contributed by atoms with E-state index in [4.69, 9.17) is 9.31 Å². The lowest BCUT2D eigenvalue weighted by molar-refractivity contribution is 0.00578. The minimum absolute atomic E-state index is 0.406. The van der Waals surface area contributed by atoms with Gasteiger partial charge in [0.05, 0.1) is 33.3 Å². The largest absolute Gasteiger partial charge is 0.494 e. The Morgan fingerprint density at radius 1 is 0.595 bits per heavy atom. The Kier molecular flexibility index (Phi) is 4.84. The first-order chi connectivity index (χ1) is 20.3. The zero-order valence-corrected chi connectivity index (χ0v) is 25.0. The fourth-order valence-electron chi connectivity index (χ4n) is 7.47. The smallest absolute Gasteiger partial charge is 0.399 e. The molecule has 3 aliphatic heterocycles. The van der Waals surface area contributed by atoms with Crippen LogP contribution in [0.25, 0.3) is 27.5 Å². The number of benzene rings is 5. The molecule has 1 atom stereocenters. The molecule has 3 aliphatic rings. The monoisotopic (exact) mass is 563 g/mol. The first-order valence-electron chi connectivity index (χ1n) is 14.7. The van der Waals surface area contributed by atoms with Crippen molar-refractivity contribution in [2.75, 3.05) is 0 Å². The van der Waals surface area contributed by atoms with Gasteiger partial charge < -0.3 is 13.9 Å². The second kappa shape index (κ2) is 8.20. The average Bonchev–Trinajstić information content (AvgIpc) is 3.45. The third-order valence-corrected chi connectivity index (χ3v) is 11.2. The molecule has 1 spiro atoms. The van der Waals surface area contributed by atoms with Crippen molar-refractivity contribution in [2.24, 2.45) is 0 Å². The lowest BCUT2D eigenvalue weighted by Gasteiger charge is -2.45. The van der Waals surface area contributed by atoms with Gasteiger partial charge in [0.15, 0.2) is 0 Å². The molecular formula is C37H30BNO2S. The van der Waals surface area contributed by atoms with Crippen LogP contribution in [0.1, 0.15) is 49.9 Å². The summed E-state index contributed by atoms with van der Waals surface area (Å²) in [5, 5.41) is 2.57. The Hall–Kier alpha value is -3.77. The second-order valence-corrected chi connectivity index (χ2v) is 13.8. The van der Waals surface area contributed by atoms with E-state index in [2.05, 4.69) is 141 Å². The molecule has 0 aliphatic carbocycles. The van der Waals surface area contributed by atoms with E-state index in [9.17, 15) is 0 Å². The van der Waals surface area contributed by atoms with E-state index in [1.807, 2.05) is 11.8 Å². The van der Waals surface area contributed by atoms with Crippen molar-refractivity contribution in [1.82, 2.24) is 4.57 Å². The molecular weight excluding hydrogens is 533 g/mol. The van der Waals surface area contributed by atoms with Crippen LogP contribution in [0, 0.1) is 0 Å². The third kappa shape index (κ3) is 2.96. The quantitative estimate of drug-likeness (QED) is 0.188. The van der Waals surface area contributed by atoms with Gasteiger partial charge >= 0.3 is 7.12 Å². The predicted octanol–water partition coefficient (Wildman–Crippen LogP) is 8.24. The van der Waals surface area contributed by atoms with Crippen molar-refractivity contribution < 1.29 is 9.31 Å². The molecule has 42 heavy (non-hydrogen) atoms. The maximum atomic E-state index is 6.58. The molecule has 9 rings (SSSR count). The standard InChI is InChI=1S/C37H30BNO2S/c1-35(2)36(3,4)41-38(40-35)23-20-21-33-29(22-23)37(27-15-7-10-19-32(27)42-33)26-14-6-9-18-31(26)39-30-17-8-5-12-24(30)25-13-11-16-28(37)34(25)39/h5-22H,1-4H3. The van der Waals surface area contributed by atoms with Crippen molar-refractivity contribution in [1.29, 1.82) is 0 Å². The molecule has 5 aromatic carbocycles. The molecule has 1 saturated heterocycles. The van der Waals surface area contributed by atoms with Crippen molar-refractivity contribution in [3.63, 3.8) is 0 Å². The van der Waals surface area contributed by atoms with Crippen molar-refractivity contribution in [3.8, 4) is 5.69 Å². The summed E-state index contributed by atoms with van der Waals surface area (Å²) < 4.78 is 15.6. The van der Waals surface area contributed by atoms with Crippen molar-refractivity contribution >= 4 is 46.1 Å². The van der Waals surface area contributed by atoms with E-state index >= 15 is 0 Å². The van der Waals surface area contributed by atoms with Crippen LogP contribution < -0.4 is 5.46 Å². The molecule has 0 saturated carbocycles. The molecule has 0 radical (unpaired) electrons. The van der Waals surface area contributed by atoms with Crippen LogP contribution in [0.5, 0.6) is 0 Å². The number of hydrogen-bond donors (Lipinski definition) is 0. The molecule has 6 aromatic rings. The van der Waals surface area contributed by atoms with Gasteiger partial charge in [0.1, 0.15) is 0 Å². The zero-order chi connectivity index (χ0) is 28.4. The molecule has 204 valence electrons. The summed E-state index contributed by atoms with van der Waals surface area (Å²) in [5.41, 5.74) is 8.72. The molecule has 0 N–H and O–H groups in total. The lowest BCUT2D eigenvalue weighted by Crippen LogP contribution is -2.41. The Labute approximate surface area is 250 Å². The lowest BCUT2D eigenvalue weighted by atomic mass is 9.61. The van der Waals surface area contributed by atoms with Crippen LogP contribution >= 0.6 is 11.8 Å². The maximum Gasteiger partial charge on any atom is 0.494 e. The SMILES string of the molecule is CC1(C)OB(c2ccc3c(c2)C2(c4ccccc4S3)c3ccccc3-n3c4ccccc4c4cccc2c43)OC1(C)C. The molecule has 0 amide bonds. The number of nitrogens with zero attached hydrogens (tertiary/aromatic N) is 1. The Balaban J connectivity index is 1.43. The minimum Gasteiger partial charge on any atom is -0.399 e. The highest BCUT2D eigenvalue weighted by Crippen LogP contribution is 2.60. The van der Waals surface area contributed by atoms with Crippen LogP contribution in [0.2, 0.25) is 0 Å². The first kappa shape index (κ1) is 24.8. The molecule has 5 heteroatoms. The number of para-hydroxylation sites is 3. The van der Waals surface area contributed by atoms with Crippen molar-refractivity contribution in [2.45, 2.75) is 54.1 Å². The summed E-state index contributed by atoms with van der Waals surface area (Å²) in [6, 6.07) is 40.5. The molecule has 1 fully saturated rings. The van der Waals surface area contributed by atoms with Crippen LogP contribution in [-0.4, -0.2) is 22.9 Å². The highest BCUT2D eigenvalue weighted by atomic mass is 32.2. The van der Waals surface area contributed by atoms with E-state index in [0.717, 1.165) is 5.46 Å². The molecule has 4 heterocycles. The van der Waals surface area contributed by atoms with E-state index in [1.165, 1.54) is 59.5 Å².